The molecule has 1 aromatic rings. The van der Waals surface area contributed by atoms with Crippen molar-refractivity contribution in [3.8, 4) is 0 Å². The van der Waals surface area contributed by atoms with Crippen LogP contribution in [-0.4, -0.2) is 40.1 Å². The third-order valence-electron chi connectivity index (χ3n) is 2.90. The number of hydrogen-bond donors (Lipinski definition) is 4. The lowest BCUT2D eigenvalue weighted by Gasteiger charge is -2.35. The van der Waals surface area contributed by atoms with E-state index in [2.05, 4.69) is 10.6 Å². The normalized spacial score (nSPS) is 23.4. The van der Waals surface area contributed by atoms with Gasteiger partial charge in [0, 0.05) is 12.1 Å². The molecule has 1 aromatic carbocycles. The van der Waals surface area contributed by atoms with Gasteiger partial charge in [-0.1, -0.05) is 25.1 Å². The Kier molecular flexibility index (Phi) is 4.16. The molecule has 0 aliphatic carbocycles. The van der Waals surface area contributed by atoms with Crippen LogP contribution in [0, 0.1) is 0 Å². The van der Waals surface area contributed by atoms with Crippen molar-refractivity contribution in [1.82, 2.24) is 15.5 Å². The molecule has 0 fully saturated rings. The van der Waals surface area contributed by atoms with E-state index in [0.29, 0.717) is 17.9 Å². The minimum atomic E-state index is -1.03. The zero-order valence-corrected chi connectivity index (χ0v) is 10.6. The third-order valence-corrected chi connectivity index (χ3v) is 2.90. The first-order valence-corrected chi connectivity index (χ1v) is 6.08. The highest BCUT2D eigenvalue weighted by molar-refractivity contribution is 5.95. The Bertz CT molecular complexity index is 475. The fourth-order valence-electron chi connectivity index (χ4n) is 1.88. The molecule has 1 amide bonds. The first kappa shape index (κ1) is 13.5. The summed E-state index contributed by atoms with van der Waals surface area (Å²) in [4.78, 5) is 13.3. The topological polar surface area (TPSA) is 84.8 Å². The summed E-state index contributed by atoms with van der Waals surface area (Å²) in [5.74, 6) is -0.0118. The summed E-state index contributed by atoms with van der Waals surface area (Å²) < 4.78 is 0. The van der Waals surface area contributed by atoms with Crippen LogP contribution >= 0.6 is 0 Å². The molecule has 2 atom stereocenters. The van der Waals surface area contributed by atoms with E-state index in [9.17, 15) is 15.0 Å². The van der Waals surface area contributed by atoms with Crippen molar-refractivity contribution >= 4 is 5.91 Å². The summed E-state index contributed by atoms with van der Waals surface area (Å²) in [6, 6.07) is 8.72. The number of aliphatic hydroxyl groups excluding tert-OH is 2. The number of benzene rings is 1. The van der Waals surface area contributed by atoms with Gasteiger partial charge in [0.15, 0.2) is 6.35 Å². The minimum Gasteiger partial charge on any atom is -0.374 e. The molecule has 0 aromatic heterocycles. The number of amides is 1. The Labute approximate surface area is 111 Å². The zero-order valence-electron chi connectivity index (χ0n) is 10.6. The molecule has 4 N–H and O–H groups in total. The van der Waals surface area contributed by atoms with Crippen LogP contribution in [0.4, 0.5) is 0 Å². The highest BCUT2D eigenvalue weighted by Gasteiger charge is 2.26. The molecule has 1 aliphatic rings. The summed E-state index contributed by atoms with van der Waals surface area (Å²) >= 11 is 0. The van der Waals surface area contributed by atoms with Gasteiger partial charge in [0.2, 0.25) is 0 Å². The summed E-state index contributed by atoms with van der Waals surface area (Å²) in [6.45, 7) is 2.29. The Hall–Kier alpha value is -1.89. The van der Waals surface area contributed by atoms with Crippen LogP contribution in [0.1, 0.15) is 17.3 Å². The van der Waals surface area contributed by atoms with E-state index in [1.165, 1.54) is 11.0 Å². The van der Waals surface area contributed by atoms with Crippen LogP contribution in [-0.2, 0) is 0 Å². The van der Waals surface area contributed by atoms with Gasteiger partial charge in [-0.15, -0.1) is 0 Å². The quantitative estimate of drug-likeness (QED) is 0.606. The molecule has 1 heterocycles. The lowest BCUT2D eigenvalue weighted by atomic mass is 10.2. The molecule has 0 spiro atoms. The fourth-order valence-corrected chi connectivity index (χ4v) is 1.88. The van der Waals surface area contributed by atoms with E-state index in [1.807, 2.05) is 13.0 Å². The number of carbonyl (C=O) groups is 1. The Morgan fingerprint density at radius 3 is 2.63 bits per heavy atom. The van der Waals surface area contributed by atoms with Crippen molar-refractivity contribution in [1.29, 1.82) is 0 Å². The molecule has 2 rings (SSSR count). The predicted octanol–water partition coefficient (Wildman–Crippen LogP) is -0.223. The second-order valence-electron chi connectivity index (χ2n) is 4.16. The molecular formula is C13H17N3O3. The first-order chi connectivity index (χ1) is 9.11. The molecule has 102 valence electrons. The van der Waals surface area contributed by atoms with Gasteiger partial charge in [0.05, 0.1) is 0 Å². The maximum atomic E-state index is 11.9. The monoisotopic (exact) mass is 263 g/mol. The molecule has 6 heteroatoms. The van der Waals surface area contributed by atoms with Crippen LogP contribution in [0.2, 0.25) is 0 Å². The van der Waals surface area contributed by atoms with Crippen LogP contribution in [0.5, 0.6) is 0 Å². The lowest BCUT2D eigenvalue weighted by Crippen LogP contribution is -2.55. The number of likely N-dealkylation sites (N-methyl/N-ethyl adjacent to an activating group) is 1. The number of nitrogens with zero attached hydrogens (tertiary/aromatic N) is 1. The van der Waals surface area contributed by atoms with Gasteiger partial charge < -0.3 is 20.8 Å². The third kappa shape index (κ3) is 3.11. The summed E-state index contributed by atoms with van der Waals surface area (Å²) in [7, 11) is 0. The Morgan fingerprint density at radius 1 is 1.37 bits per heavy atom. The van der Waals surface area contributed by atoms with Gasteiger partial charge in [-0.3, -0.25) is 4.79 Å². The van der Waals surface area contributed by atoms with E-state index in [0.717, 1.165) is 0 Å². The lowest BCUT2D eigenvalue weighted by molar-refractivity contribution is -0.0993. The van der Waals surface area contributed by atoms with E-state index in [1.54, 1.807) is 24.3 Å². The Morgan fingerprint density at radius 2 is 2.05 bits per heavy atom. The van der Waals surface area contributed by atoms with Gasteiger partial charge in [0.1, 0.15) is 12.0 Å². The van der Waals surface area contributed by atoms with E-state index in [-0.39, 0.29) is 5.91 Å². The van der Waals surface area contributed by atoms with E-state index < -0.39 is 12.6 Å². The van der Waals surface area contributed by atoms with Gasteiger partial charge >= 0.3 is 0 Å². The number of carbonyl (C=O) groups excluding carboxylic acids is 1. The smallest absolute Gasteiger partial charge is 0.256 e. The maximum absolute atomic E-state index is 11.9. The highest BCUT2D eigenvalue weighted by atomic mass is 16.3. The van der Waals surface area contributed by atoms with Crippen LogP contribution < -0.4 is 10.6 Å². The average Bonchev–Trinajstić information content (AvgIpc) is 2.39. The van der Waals surface area contributed by atoms with Crippen LogP contribution in [0.25, 0.3) is 0 Å². The fraction of sp³-hybridized carbons (Fsp3) is 0.308. The van der Waals surface area contributed by atoms with Gasteiger partial charge in [-0.2, -0.15) is 0 Å². The maximum Gasteiger partial charge on any atom is 0.256 e. The zero-order chi connectivity index (χ0) is 13.8. The molecule has 6 nitrogen and oxygen atoms in total. The van der Waals surface area contributed by atoms with Crippen LogP contribution in [0.15, 0.2) is 42.2 Å². The largest absolute Gasteiger partial charge is 0.374 e. The molecular weight excluding hydrogens is 246 g/mol. The second kappa shape index (κ2) is 5.83. The average molecular weight is 263 g/mol. The van der Waals surface area contributed by atoms with Crippen molar-refractivity contribution < 1.29 is 15.0 Å². The van der Waals surface area contributed by atoms with Gasteiger partial charge in [-0.25, -0.2) is 4.90 Å². The first-order valence-electron chi connectivity index (χ1n) is 6.08. The van der Waals surface area contributed by atoms with Gasteiger partial charge in [0.25, 0.3) is 5.91 Å². The number of nitrogens with one attached hydrogen (secondary N) is 2. The van der Waals surface area contributed by atoms with Crippen molar-refractivity contribution in [2.45, 2.75) is 19.5 Å². The van der Waals surface area contributed by atoms with Gasteiger partial charge in [-0.05, 0) is 18.2 Å². The van der Waals surface area contributed by atoms with E-state index >= 15 is 0 Å². The minimum absolute atomic E-state index is 0.290. The second-order valence-corrected chi connectivity index (χ2v) is 4.16. The molecule has 0 saturated carbocycles. The van der Waals surface area contributed by atoms with Crippen molar-refractivity contribution in [2.24, 2.45) is 0 Å². The van der Waals surface area contributed by atoms with E-state index in [4.69, 9.17) is 0 Å². The Balaban J connectivity index is 2.06. The highest BCUT2D eigenvalue weighted by Crippen LogP contribution is 2.10. The van der Waals surface area contributed by atoms with Crippen molar-refractivity contribution in [3.05, 3.63) is 47.8 Å². The summed E-state index contributed by atoms with van der Waals surface area (Å²) in [6.07, 6.45) is -0.528. The molecule has 0 bridgehead atoms. The molecule has 0 saturated heterocycles. The molecule has 2 unspecified atom stereocenters. The molecule has 0 radical (unpaired) electrons. The van der Waals surface area contributed by atoms with Crippen LogP contribution in [0.3, 0.4) is 0 Å². The predicted molar refractivity (Wildman–Crippen MR) is 69.5 cm³/mol. The van der Waals surface area contributed by atoms with Crippen molar-refractivity contribution in [2.75, 3.05) is 6.54 Å². The standard InChI is InChI=1S/C13H17N3O3/c1-2-16-11(17)8-10(15-13(16)19)14-12(18)9-6-4-3-5-7-9/h3-8,11,13,15,17,19H,2H2,1H3,(H,14,18). The van der Waals surface area contributed by atoms with Crippen molar-refractivity contribution in [3.63, 3.8) is 0 Å². The molecule has 19 heavy (non-hydrogen) atoms. The number of rotatable bonds is 3. The number of hydrogen-bond acceptors (Lipinski definition) is 5. The molecule has 1 aliphatic heterocycles. The number of aliphatic hydroxyl groups is 2. The summed E-state index contributed by atoms with van der Waals surface area (Å²) in [5, 5.41) is 24.9. The SMILES string of the molecule is CCN1C(O)C=C(NC(=O)c2ccccc2)NC1O. The summed E-state index contributed by atoms with van der Waals surface area (Å²) in [5.41, 5.74) is 0.507.